The molecule has 0 radical (unpaired) electrons. The fourth-order valence-electron chi connectivity index (χ4n) is 2.09. The molecule has 0 aliphatic carbocycles. The Morgan fingerprint density at radius 2 is 1.88 bits per heavy atom. The molecule has 1 heterocycles. The van der Waals surface area contributed by atoms with E-state index in [9.17, 15) is 0 Å². The van der Waals surface area contributed by atoms with Crippen molar-refractivity contribution in [1.82, 2.24) is 10.2 Å². The number of rotatable bonds is 5. The zero-order valence-corrected chi connectivity index (χ0v) is 12.2. The first kappa shape index (κ1) is 14.3. The molecule has 1 aliphatic rings. The molecule has 16 heavy (non-hydrogen) atoms. The molecule has 0 bridgehead atoms. The number of hydrogen-bond acceptors (Lipinski definition) is 3. The van der Waals surface area contributed by atoms with Crippen molar-refractivity contribution in [2.24, 2.45) is 5.92 Å². The summed E-state index contributed by atoms with van der Waals surface area (Å²) in [5, 5.41) is 3.63. The minimum absolute atomic E-state index is 0.274. The van der Waals surface area contributed by atoms with Gasteiger partial charge in [-0.3, -0.25) is 0 Å². The van der Waals surface area contributed by atoms with Gasteiger partial charge in [0.15, 0.2) is 0 Å². The van der Waals surface area contributed by atoms with E-state index in [4.69, 9.17) is 0 Å². The van der Waals surface area contributed by atoms with Gasteiger partial charge in [0.2, 0.25) is 0 Å². The Kier molecular flexibility index (Phi) is 6.16. The van der Waals surface area contributed by atoms with Gasteiger partial charge in [0.05, 0.1) is 0 Å². The average Bonchev–Trinajstić information content (AvgIpc) is 2.24. The fourth-order valence-corrected chi connectivity index (χ4v) is 2.53. The lowest BCUT2D eigenvalue weighted by Gasteiger charge is -2.33. The molecule has 96 valence electrons. The molecule has 0 aromatic heterocycles. The van der Waals surface area contributed by atoms with E-state index in [-0.39, 0.29) is 5.54 Å². The van der Waals surface area contributed by atoms with Gasteiger partial charge in [-0.25, -0.2) is 0 Å². The van der Waals surface area contributed by atoms with E-state index in [0.29, 0.717) is 0 Å². The lowest BCUT2D eigenvalue weighted by Crippen LogP contribution is -2.43. The van der Waals surface area contributed by atoms with Gasteiger partial charge >= 0.3 is 0 Å². The summed E-state index contributed by atoms with van der Waals surface area (Å²) in [7, 11) is 0. The third kappa shape index (κ3) is 6.12. The van der Waals surface area contributed by atoms with Crippen LogP contribution in [-0.4, -0.2) is 48.6 Å². The third-order valence-corrected chi connectivity index (χ3v) is 3.83. The Bertz CT molecular complexity index is 181. The largest absolute Gasteiger partial charge is 0.312 e. The maximum Gasteiger partial charge on any atom is 0.00966 e. The summed E-state index contributed by atoms with van der Waals surface area (Å²) < 4.78 is 0. The molecule has 0 spiro atoms. The lowest BCUT2D eigenvalue weighted by atomic mass is 9.95. The maximum absolute atomic E-state index is 3.63. The van der Waals surface area contributed by atoms with Gasteiger partial charge in [-0.2, -0.15) is 11.8 Å². The van der Waals surface area contributed by atoms with Crippen molar-refractivity contribution in [3.63, 3.8) is 0 Å². The molecule has 3 heteroatoms. The topological polar surface area (TPSA) is 15.3 Å². The van der Waals surface area contributed by atoms with Crippen LogP contribution in [0.3, 0.4) is 0 Å². The number of thioether (sulfide) groups is 1. The van der Waals surface area contributed by atoms with Crippen molar-refractivity contribution in [3.05, 3.63) is 0 Å². The summed E-state index contributed by atoms with van der Waals surface area (Å²) >= 11 is 1.96. The second kappa shape index (κ2) is 6.87. The summed E-state index contributed by atoms with van der Waals surface area (Å²) in [5.74, 6) is 2.18. The second-order valence-electron chi connectivity index (χ2n) is 5.91. The van der Waals surface area contributed by atoms with E-state index in [0.717, 1.165) is 5.92 Å². The Morgan fingerprint density at radius 1 is 1.25 bits per heavy atom. The molecule has 0 aromatic carbocycles. The van der Waals surface area contributed by atoms with Gasteiger partial charge in [0, 0.05) is 17.8 Å². The molecule has 1 aliphatic heterocycles. The molecule has 1 rings (SSSR count). The quantitative estimate of drug-likeness (QED) is 0.800. The fraction of sp³-hybridized carbons (Fsp3) is 1.00. The molecule has 0 atom stereocenters. The Labute approximate surface area is 106 Å². The molecule has 0 aromatic rings. The third-order valence-electron chi connectivity index (χ3n) is 3.24. The SMILES string of the molecule is CSCCN1CCC(CNC(C)(C)C)CC1. The van der Waals surface area contributed by atoms with E-state index in [1.54, 1.807) is 0 Å². The normalized spacial score (nSPS) is 20.2. The van der Waals surface area contributed by atoms with Crippen LogP contribution >= 0.6 is 11.8 Å². The van der Waals surface area contributed by atoms with E-state index in [1.807, 2.05) is 11.8 Å². The zero-order valence-electron chi connectivity index (χ0n) is 11.4. The van der Waals surface area contributed by atoms with Gasteiger partial charge in [-0.05, 0) is 65.4 Å². The first-order chi connectivity index (χ1) is 7.51. The van der Waals surface area contributed by atoms with Crippen molar-refractivity contribution in [1.29, 1.82) is 0 Å². The van der Waals surface area contributed by atoms with Crippen molar-refractivity contribution >= 4 is 11.8 Å². The van der Waals surface area contributed by atoms with Crippen LogP contribution in [0.2, 0.25) is 0 Å². The molecule has 1 N–H and O–H groups in total. The van der Waals surface area contributed by atoms with Crippen LogP contribution in [0.4, 0.5) is 0 Å². The van der Waals surface area contributed by atoms with Gasteiger partial charge in [0.25, 0.3) is 0 Å². The summed E-state index contributed by atoms with van der Waals surface area (Å²) in [6.45, 7) is 11.8. The predicted octanol–water partition coefficient (Wildman–Crippen LogP) is 2.45. The number of likely N-dealkylation sites (tertiary alicyclic amines) is 1. The Hall–Kier alpha value is 0.270. The summed E-state index contributed by atoms with van der Waals surface area (Å²) in [5.41, 5.74) is 0.274. The van der Waals surface area contributed by atoms with Crippen LogP contribution in [0.25, 0.3) is 0 Å². The minimum atomic E-state index is 0.274. The van der Waals surface area contributed by atoms with Crippen LogP contribution in [0.1, 0.15) is 33.6 Å². The number of hydrogen-bond donors (Lipinski definition) is 1. The summed E-state index contributed by atoms with van der Waals surface area (Å²) in [6.07, 6.45) is 4.94. The van der Waals surface area contributed by atoms with Crippen LogP contribution in [0.15, 0.2) is 0 Å². The highest BCUT2D eigenvalue weighted by Crippen LogP contribution is 2.17. The molecule has 0 unspecified atom stereocenters. The Morgan fingerprint density at radius 3 is 2.38 bits per heavy atom. The lowest BCUT2D eigenvalue weighted by molar-refractivity contribution is 0.185. The second-order valence-corrected chi connectivity index (χ2v) is 6.89. The molecule has 0 amide bonds. The van der Waals surface area contributed by atoms with Crippen LogP contribution < -0.4 is 5.32 Å². The van der Waals surface area contributed by atoms with E-state index in [1.165, 1.54) is 44.8 Å². The number of piperidine rings is 1. The summed E-state index contributed by atoms with van der Waals surface area (Å²) in [6, 6.07) is 0. The van der Waals surface area contributed by atoms with Crippen LogP contribution in [0, 0.1) is 5.92 Å². The molecular formula is C13H28N2S. The molecule has 0 saturated carbocycles. The number of nitrogens with one attached hydrogen (secondary N) is 1. The first-order valence-corrected chi connectivity index (χ1v) is 7.87. The zero-order chi connectivity index (χ0) is 12.0. The number of nitrogens with zero attached hydrogens (tertiary/aromatic N) is 1. The van der Waals surface area contributed by atoms with E-state index in [2.05, 4.69) is 37.2 Å². The van der Waals surface area contributed by atoms with Crippen LogP contribution in [0.5, 0.6) is 0 Å². The maximum atomic E-state index is 3.63. The van der Waals surface area contributed by atoms with E-state index < -0.39 is 0 Å². The van der Waals surface area contributed by atoms with Crippen molar-refractivity contribution in [2.45, 2.75) is 39.2 Å². The standard InChI is InChI=1S/C13H28N2S/c1-13(2,3)14-11-12-5-7-15(8-6-12)9-10-16-4/h12,14H,5-11H2,1-4H3. The highest BCUT2D eigenvalue weighted by Gasteiger charge is 2.20. The van der Waals surface area contributed by atoms with Gasteiger partial charge in [-0.15, -0.1) is 0 Å². The molecular weight excluding hydrogens is 216 g/mol. The van der Waals surface area contributed by atoms with Gasteiger partial charge < -0.3 is 10.2 Å². The minimum Gasteiger partial charge on any atom is -0.312 e. The molecule has 1 fully saturated rings. The highest BCUT2D eigenvalue weighted by molar-refractivity contribution is 7.98. The predicted molar refractivity (Wildman–Crippen MR) is 75.3 cm³/mol. The van der Waals surface area contributed by atoms with Crippen molar-refractivity contribution in [3.8, 4) is 0 Å². The van der Waals surface area contributed by atoms with Gasteiger partial charge in [-0.1, -0.05) is 0 Å². The molecule has 2 nitrogen and oxygen atoms in total. The van der Waals surface area contributed by atoms with Crippen LogP contribution in [-0.2, 0) is 0 Å². The smallest absolute Gasteiger partial charge is 0.00966 e. The van der Waals surface area contributed by atoms with Crippen molar-refractivity contribution < 1.29 is 0 Å². The molecule has 1 saturated heterocycles. The first-order valence-electron chi connectivity index (χ1n) is 6.47. The highest BCUT2D eigenvalue weighted by atomic mass is 32.2. The van der Waals surface area contributed by atoms with E-state index >= 15 is 0 Å². The van der Waals surface area contributed by atoms with Gasteiger partial charge in [0.1, 0.15) is 0 Å². The Balaban J connectivity index is 2.12. The average molecular weight is 244 g/mol. The monoisotopic (exact) mass is 244 g/mol. The summed E-state index contributed by atoms with van der Waals surface area (Å²) in [4.78, 5) is 2.62. The van der Waals surface area contributed by atoms with Crippen molar-refractivity contribution in [2.75, 3.05) is 38.2 Å².